The van der Waals surface area contributed by atoms with Crippen molar-refractivity contribution in [1.82, 2.24) is 20.0 Å². The van der Waals surface area contributed by atoms with Gasteiger partial charge in [0.1, 0.15) is 25.8 Å². The second-order valence-electron chi connectivity index (χ2n) is 11.1. The van der Waals surface area contributed by atoms with Gasteiger partial charge in [-0.05, 0) is 67.1 Å². The SMILES string of the molecule is C=COC1=NN(c2cc(SOO[O-])ccc2S(=O)(=O)[O-])C(=O)/C1=C\C=C(C=Cc1c(C(=O)NC)nn(-c2cc(SOO[O-])ccc2S(=O)(=O)[O-])c1O)N1CCCC1=O.[K+].[K+].[K+].[K+]. The summed E-state index contributed by atoms with van der Waals surface area (Å²) in [4.78, 5) is 39.2. The van der Waals surface area contributed by atoms with Crippen molar-refractivity contribution >= 4 is 79.7 Å². The van der Waals surface area contributed by atoms with Crippen molar-refractivity contribution in [3.8, 4) is 11.6 Å². The number of anilines is 1. The van der Waals surface area contributed by atoms with Crippen molar-refractivity contribution < 1.29 is 285 Å². The summed E-state index contributed by atoms with van der Waals surface area (Å²) in [7, 11) is -9.25. The van der Waals surface area contributed by atoms with E-state index >= 15 is 0 Å². The molecule has 1 aromatic heterocycles. The van der Waals surface area contributed by atoms with Gasteiger partial charge in [0.2, 0.25) is 17.7 Å². The van der Waals surface area contributed by atoms with Crippen LogP contribution in [0.5, 0.6) is 5.88 Å². The number of carbonyl (C=O) groups is 3. The molecule has 2 aromatic carbocycles. The standard InChI is InChI=1S/C31H28N6O17S4.4K/c1-3-50-29-21(31(41)37(34-29)23-16-19(56-54-52-43)9-13-25(23)58(47,48)49)11-7-17(35-14-4-5-26(35)38)6-10-20-27(28(39)32-2)33-36(30(20)40)22-15-18(55-53-51-42)8-12-24(22)57(44,45)46;;;;/h3,6-13,15-16,40,42-43H,1,4-5,14H2,2H3,(H,32,39)(H,44,45,46)(H,47,48,49);;;;/q;4*+1/p-4/b10-6?,17-7?,21-11-;;;;. The smallest absolute Gasteiger partial charge is 0.744 e. The molecule has 31 heteroatoms. The number of aromatic nitrogens is 2. The summed E-state index contributed by atoms with van der Waals surface area (Å²) in [5, 5.41) is 49.5. The molecule has 2 aliphatic rings. The summed E-state index contributed by atoms with van der Waals surface area (Å²) in [5.74, 6) is -3.65. The Morgan fingerprint density at radius 2 is 1.50 bits per heavy atom. The van der Waals surface area contributed by atoms with Gasteiger partial charge in [0.15, 0.2) is 5.69 Å². The maximum absolute atomic E-state index is 13.8. The number of benzene rings is 2. The van der Waals surface area contributed by atoms with Crippen LogP contribution in [-0.2, 0) is 53.3 Å². The van der Waals surface area contributed by atoms with Gasteiger partial charge in [-0.15, -0.1) is 5.10 Å². The maximum Gasteiger partial charge on any atom is 1.00 e. The van der Waals surface area contributed by atoms with Gasteiger partial charge in [-0.1, -0.05) is 6.58 Å². The second kappa shape index (κ2) is 27.9. The van der Waals surface area contributed by atoms with Crippen LogP contribution in [0.2, 0.25) is 0 Å². The van der Waals surface area contributed by atoms with Crippen LogP contribution >= 0.6 is 24.1 Å². The fourth-order valence-electron chi connectivity index (χ4n) is 5.35. The first-order chi connectivity index (χ1) is 27.5. The Kier molecular flexibility index (Phi) is 27.6. The summed E-state index contributed by atoms with van der Waals surface area (Å²) in [6, 6.07) is 5.85. The van der Waals surface area contributed by atoms with Crippen LogP contribution in [0, 0.1) is 0 Å². The minimum atomic E-state index is -5.24. The van der Waals surface area contributed by atoms with Gasteiger partial charge >= 0.3 is 206 Å². The van der Waals surface area contributed by atoms with Crippen LogP contribution in [0.25, 0.3) is 11.8 Å². The Balaban J connectivity index is 0.00000480. The fourth-order valence-corrected chi connectivity index (χ4v) is 7.40. The van der Waals surface area contributed by atoms with Crippen molar-refractivity contribution in [3.05, 3.63) is 90.0 Å². The van der Waals surface area contributed by atoms with Crippen LogP contribution in [0.15, 0.2) is 103 Å². The number of aromatic hydroxyl groups is 1. The zero-order valence-electron chi connectivity index (χ0n) is 33.0. The zero-order chi connectivity index (χ0) is 42.4. The van der Waals surface area contributed by atoms with Gasteiger partial charge in [-0.3, -0.25) is 24.5 Å². The number of hydrazone groups is 1. The number of ether oxygens (including phenoxy) is 1. The van der Waals surface area contributed by atoms with Gasteiger partial charge in [-0.2, -0.15) is 23.5 Å². The number of allylic oxidation sites excluding steroid dienone is 3. The molecule has 1 saturated heterocycles. The van der Waals surface area contributed by atoms with Crippen LogP contribution < -0.4 is 226 Å². The first kappa shape index (κ1) is 61.1. The number of nitrogens with zero attached hydrogens (tertiary/aromatic N) is 5. The zero-order valence-corrected chi connectivity index (χ0v) is 48.8. The summed E-state index contributed by atoms with van der Waals surface area (Å²) >= 11 is 0.642. The molecule has 0 atom stereocenters. The van der Waals surface area contributed by atoms with E-state index in [1.165, 1.54) is 24.1 Å². The fraction of sp³-hybridized carbons (Fsp3) is 0.129. The maximum atomic E-state index is 13.8. The van der Waals surface area contributed by atoms with Crippen LogP contribution in [0.4, 0.5) is 5.69 Å². The molecule has 308 valence electrons. The first-order valence-electron chi connectivity index (χ1n) is 15.7. The van der Waals surface area contributed by atoms with Crippen LogP contribution in [0.3, 0.4) is 0 Å². The van der Waals surface area contributed by atoms with Gasteiger partial charge in [-0.25, -0.2) is 16.8 Å². The molecule has 0 bridgehead atoms. The van der Waals surface area contributed by atoms with Crippen molar-refractivity contribution in [2.24, 2.45) is 5.10 Å². The van der Waals surface area contributed by atoms with Gasteiger partial charge in [0.05, 0.1) is 57.1 Å². The molecule has 23 nitrogen and oxygen atoms in total. The Hall–Kier alpha value is 1.12. The molecule has 3 heterocycles. The first-order valence-corrected chi connectivity index (χ1v) is 20.0. The summed E-state index contributed by atoms with van der Waals surface area (Å²) in [6.45, 7) is 3.58. The van der Waals surface area contributed by atoms with Crippen molar-refractivity contribution in [2.45, 2.75) is 32.4 Å². The van der Waals surface area contributed by atoms with Gasteiger partial charge < -0.3 is 39.7 Å². The molecular formula is C31H24K4N6O17S4. The third kappa shape index (κ3) is 15.3. The van der Waals surface area contributed by atoms with E-state index in [4.69, 9.17) is 4.74 Å². The summed E-state index contributed by atoms with van der Waals surface area (Å²) < 4.78 is 87.3. The molecule has 2 aliphatic heterocycles. The Bertz CT molecular complexity index is 2520. The normalized spacial score (nSPS) is 14.8. The van der Waals surface area contributed by atoms with E-state index in [-0.39, 0.29) is 251 Å². The molecule has 3 aromatic rings. The molecule has 0 radical (unpaired) electrons. The van der Waals surface area contributed by atoms with E-state index in [2.05, 4.69) is 40.8 Å². The number of hydrogen-bond acceptors (Lipinski definition) is 21. The monoisotopic (exact) mass is 1040 g/mol. The Morgan fingerprint density at radius 1 is 0.935 bits per heavy atom. The number of carbonyl (C=O) groups excluding carboxylic acids is 3. The average Bonchev–Trinajstić information content (AvgIpc) is 3.85. The summed E-state index contributed by atoms with van der Waals surface area (Å²) in [6.07, 6.45) is 6.11. The van der Waals surface area contributed by atoms with Crippen LogP contribution in [-0.4, -0.2) is 82.9 Å². The summed E-state index contributed by atoms with van der Waals surface area (Å²) in [5.41, 5.74) is -2.31. The minimum absolute atomic E-state index is 0. The van der Waals surface area contributed by atoms with Crippen molar-refractivity contribution in [1.29, 1.82) is 0 Å². The largest absolute Gasteiger partial charge is 1.00 e. The molecule has 0 saturated carbocycles. The van der Waals surface area contributed by atoms with E-state index < -0.39 is 70.7 Å². The molecule has 5 rings (SSSR count). The molecule has 0 spiro atoms. The Morgan fingerprint density at radius 3 is 2.00 bits per heavy atom. The molecule has 0 aliphatic carbocycles. The number of rotatable bonds is 16. The van der Waals surface area contributed by atoms with E-state index in [0.717, 1.165) is 54.8 Å². The topological polar surface area (TPSA) is 327 Å². The molecule has 3 amide bonds. The second-order valence-corrected chi connectivity index (χ2v) is 15.4. The average molecular weight is 1040 g/mol. The van der Waals surface area contributed by atoms with E-state index in [0.29, 0.717) is 40.2 Å². The molecule has 0 unspecified atom stereocenters. The number of nitrogens with one attached hydrogen (secondary N) is 1. The molecule has 2 N–H and O–H groups in total. The third-order valence-corrected chi connectivity index (χ3v) is 10.7. The van der Waals surface area contributed by atoms with E-state index in [9.17, 15) is 55.9 Å². The number of hydrogen-bond donors (Lipinski definition) is 2. The number of likely N-dealkylation sites (tertiary alicyclic amines) is 1. The predicted octanol–water partition coefficient (Wildman–Crippen LogP) is -11.8. The Labute approximate surface area is 531 Å². The third-order valence-electron chi connectivity index (χ3n) is 7.78. The minimum Gasteiger partial charge on any atom is -0.744 e. The number of amides is 3. The van der Waals surface area contributed by atoms with E-state index in [1.807, 2.05) is 0 Å². The molecular weight excluding hydrogens is 1010 g/mol. The van der Waals surface area contributed by atoms with Crippen molar-refractivity contribution in [2.75, 3.05) is 18.6 Å². The van der Waals surface area contributed by atoms with Gasteiger partial charge in [0.25, 0.3) is 11.8 Å². The van der Waals surface area contributed by atoms with Crippen molar-refractivity contribution in [3.63, 3.8) is 0 Å². The quantitative estimate of drug-likeness (QED) is 0.0197. The van der Waals surface area contributed by atoms with Crippen LogP contribution in [0.1, 0.15) is 28.9 Å². The molecule has 62 heavy (non-hydrogen) atoms. The predicted molar refractivity (Wildman–Crippen MR) is 189 cm³/mol. The van der Waals surface area contributed by atoms with E-state index in [1.54, 1.807) is 0 Å². The van der Waals surface area contributed by atoms with Gasteiger partial charge in [0, 0.05) is 35.5 Å². The molecule has 1 fully saturated rings.